The first kappa shape index (κ1) is 14.3. The Morgan fingerprint density at radius 3 is 2.45 bits per heavy atom. The fraction of sp³-hybridized carbons (Fsp3) is 0.0769. The summed E-state index contributed by atoms with van der Waals surface area (Å²) in [6.07, 6.45) is -4.60. The summed E-state index contributed by atoms with van der Waals surface area (Å²) in [6.45, 7) is 0. The number of alkyl halides is 3. The van der Waals surface area contributed by atoms with Gasteiger partial charge in [0.2, 0.25) is 0 Å². The van der Waals surface area contributed by atoms with Crippen molar-refractivity contribution in [1.82, 2.24) is 4.98 Å². The Morgan fingerprint density at radius 1 is 1.10 bits per heavy atom. The number of carbonyl (C=O) groups is 1. The predicted molar refractivity (Wildman–Crippen MR) is 68.6 cm³/mol. The van der Waals surface area contributed by atoms with Crippen LogP contribution >= 0.6 is 11.6 Å². The summed E-state index contributed by atoms with van der Waals surface area (Å²) in [5, 5.41) is 2.41. The van der Waals surface area contributed by atoms with Crippen LogP contribution in [0.15, 0.2) is 42.5 Å². The summed E-state index contributed by atoms with van der Waals surface area (Å²) >= 11 is 5.64. The van der Waals surface area contributed by atoms with Crippen molar-refractivity contribution in [3.63, 3.8) is 0 Å². The molecule has 0 atom stereocenters. The number of rotatable bonds is 2. The van der Waals surface area contributed by atoms with Gasteiger partial charge in [-0.15, -0.1) is 0 Å². The third-order valence-corrected chi connectivity index (χ3v) is 2.64. The third-order valence-electron chi connectivity index (χ3n) is 2.43. The standard InChI is InChI=1S/C13H8ClF3N2O/c14-10-6-3-7-11(18-10)19-12(20)8-4-1-2-5-9(8)13(15,16)17/h1-7H,(H,18,19,20). The number of nitrogens with zero attached hydrogens (tertiary/aromatic N) is 1. The van der Waals surface area contributed by atoms with Crippen molar-refractivity contribution in [1.29, 1.82) is 0 Å². The van der Waals surface area contributed by atoms with Gasteiger partial charge >= 0.3 is 6.18 Å². The normalized spacial score (nSPS) is 11.2. The smallest absolute Gasteiger partial charge is 0.306 e. The van der Waals surface area contributed by atoms with Crippen LogP contribution in [0, 0.1) is 0 Å². The third kappa shape index (κ3) is 3.27. The molecule has 1 heterocycles. The van der Waals surface area contributed by atoms with Gasteiger partial charge in [-0.3, -0.25) is 4.79 Å². The SMILES string of the molecule is O=C(Nc1cccc(Cl)n1)c1ccccc1C(F)(F)F. The van der Waals surface area contributed by atoms with Crippen LogP contribution in [-0.2, 0) is 6.18 Å². The summed E-state index contributed by atoms with van der Waals surface area (Å²) in [6, 6.07) is 8.97. The van der Waals surface area contributed by atoms with E-state index >= 15 is 0 Å². The summed E-state index contributed by atoms with van der Waals surface area (Å²) in [5.41, 5.74) is -1.47. The topological polar surface area (TPSA) is 42.0 Å². The lowest BCUT2D eigenvalue weighted by Gasteiger charge is -2.12. The number of benzene rings is 1. The molecule has 2 aromatic rings. The minimum atomic E-state index is -4.60. The highest BCUT2D eigenvalue weighted by molar-refractivity contribution is 6.29. The van der Waals surface area contributed by atoms with Gasteiger partial charge in [0.05, 0.1) is 11.1 Å². The summed E-state index contributed by atoms with van der Waals surface area (Å²) < 4.78 is 38.4. The highest BCUT2D eigenvalue weighted by Gasteiger charge is 2.34. The molecule has 2 rings (SSSR count). The van der Waals surface area contributed by atoms with Crippen molar-refractivity contribution in [3.8, 4) is 0 Å². The average molecular weight is 301 g/mol. The van der Waals surface area contributed by atoms with Crippen molar-refractivity contribution in [2.45, 2.75) is 6.18 Å². The summed E-state index contributed by atoms with van der Waals surface area (Å²) in [4.78, 5) is 15.7. The largest absolute Gasteiger partial charge is 0.417 e. The van der Waals surface area contributed by atoms with Crippen LogP contribution in [0.25, 0.3) is 0 Å². The van der Waals surface area contributed by atoms with Crippen molar-refractivity contribution >= 4 is 23.3 Å². The maximum absolute atomic E-state index is 12.8. The van der Waals surface area contributed by atoms with Crippen LogP contribution in [0.3, 0.4) is 0 Å². The molecule has 0 bridgehead atoms. The van der Waals surface area contributed by atoms with Crippen LogP contribution in [-0.4, -0.2) is 10.9 Å². The molecule has 0 aliphatic rings. The van der Waals surface area contributed by atoms with Crippen LogP contribution in [0.1, 0.15) is 15.9 Å². The lowest BCUT2D eigenvalue weighted by molar-refractivity contribution is -0.137. The molecular weight excluding hydrogens is 293 g/mol. The molecule has 0 saturated heterocycles. The quantitative estimate of drug-likeness (QED) is 0.852. The minimum absolute atomic E-state index is 0.0828. The molecule has 1 aromatic carbocycles. The number of amides is 1. The zero-order valence-electron chi connectivity index (χ0n) is 9.91. The molecule has 0 radical (unpaired) electrons. The van der Waals surface area contributed by atoms with E-state index in [-0.39, 0.29) is 11.0 Å². The number of carbonyl (C=O) groups excluding carboxylic acids is 1. The molecule has 7 heteroatoms. The first-order valence-corrected chi connectivity index (χ1v) is 5.86. The van der Waals surface area contributed by atoms with E-state index in [4.69, 9.17) is 11.6 Å². The van der Waals surface area contributed by atoms with Crippen LogP contribution in [0.2, 0.25) is 5.15 Å². The van der Waals surface area contributed by atoms with Crippen LogP contribution < -0.4 is 5.32 Å². The van der Waals surface area contributed by atoms with E-state index < -0.39 is 23.2 Å². The Labute approximate surface area is 117 Å². The van der Waals surface area contributed by atoms with Gasteiger partial charge in [0.1, 0.15) is 11.0 Å². The van der Waals surface area contributed by atoms with Gasteiger partial charge in [-0.2, -0.15) is 13.2 Å². The van der Waals surface area contributed by atoms with Gasteiger partial charge in [0, 0.05) is 0 Å². The minimum Gasteiger partial charge on any atom is -0.306 e. The van der Waals surface area contributed by atoms with Crippen LogP contribution in [0.5, 0.6) is 0 Å². The highest BCUT2D eigenvalue weighted by atomic mass is 35.5. The molecule has 104 valence electrons. The summed E-state index contributed by atoms with van der Waals surface area (Å²) in [7, 11) is 0. The number of nitrogens with one attached hydrogen (secondary N) is 1. The van der Waals surface area contributed by atoms with E-state index in [9.17, 15) is 18.0 Å². The van der Waals surface area contributed by atoms with Gasteiger partial charge in [-0.05, 0) is 24.3 Å². The second-order valence-corrected chi connectivity index (χ2v) is 4.23. The van der Waals surface area contributed by atoms with E-state index in [1.807, 2.05) is 0 Å². The monoisotopic (exact) mass is 300 g/mol. The van der Waals surface area contributed by atoms with E-state index in [1.165, 1.54) is 30.3 Å². The van der Waals surface area contributed by atoms with Crippen molar-refractivity contribution < 1.29 is 18.0 Å². The molecule has 20 heavy (non-hydrogen) atoms. The van der Waals surface area contributed by atoms with Gasteiger partial charge in [-0.1, -0.05) is 29.8 Å². The van der Waals surface area contributed by atoms with Gasteiger partial charge in [0.15, 0.2) is 0 Å². The molecule has 0 fully saturated rings. The number of hydrogen-bond acceptors (Lipinski definition) is 2. The fourth-order valence-corrected chi connectivity index (χ4v) is 1.75. The van der Waals surface area contributed by atoms with E-state index in [0.717, 1.165) is 12.1 Å². The number of aromatic nitrogens is 1. The van der Waals surface area contributed by atoms with Crippen molar-refractivity contribution in [2.24, 2.45) is 0 Å². The second-order valence-electron chi connectivity index (χ2n) is 3.84. The molecule has 3 nitrogen and oxygen atoms in total. The maximum atomic E-state index is 12.8. The number of hydrogen-bond donors (Lipinski definition) is 1. The lowest BCUT2D eigenvalue weighted by atomic mass is 10.1. The molecule has 0 unspecified atom stereocenters. The van der Waals surface area contributed by atoms with Gasteiger partial charge < -0.3 is 5.32 Å². The lowest BCUT2D eigenvalue weighted by Crippen LogP contribution is -2.19. The Morgan fingerprint density at radius 2 is 1.80 bits per heavy atom. The zero-order chi connectivity index (χ0) is 14.8. The molecule has 1 N–H and O–H groups in total. The molecular formula is C13H8ClF3N2O. The molecule has 0 aliphatic carbocycles. The summed E-state index contributed by atoms with van der Waals surface area (Å²) in [5.74, 6) is -0.813. The molecule has 0 saturated carbocycles. The first-order chi connectivity index (χ1) is 9.38. The Bertz CT molecular complexity index is 644. The molecule has 0 aliphatic heterocycles. The number of pyridine rings is 1. The van der Waals surface area contributed by atoms with E-state index in [1.54, 1.807) is 0 Å². The molecule has 1 aromatic heterocycles. The van der Waals surface area contributed by atoms with E-state index in [0.29, 0.717) is 0 Å². The number of halogens is 4. The van der Waals surface area contributed by atoms with Crippen molar-refractivity contribution in [3.05, 3.63) is 58.7 Å². The van der Waals surface area contributed by atoms with E-state index in [2.05, 4.69) is 10.3 Å². The number of anilines is 1. The second kappa shape index (κ2) is 5.50. The predicted octanol–water partition coefficient (Wildman–Crippen LogP) is 4.01. The average Bonchev–Trinajstić information content (AvgIpc) is 2.37. The molecule has 1 amide bonds. The van der Waals surface area contributed by atoms with Crippen LogP contribution in [0.4, 0.5) is 19.0 Å². The first-order valence-electron chi connectivity index (χ1n) is 5.48. The molecule has 0 spiro atoms. The Balaban J connectivity index is 2.31. The Kier molecular flexibility index (Phi) is 3.94. The maximum Gasteiger partial charge on any atom is 0.417 e. The van der Waals surface area contributed by atoms with Gasteiger partial charge in [0.25, 0.3) is 5.91 Å². The zero-order valence-corrected chi connectivity index (χ0v) is 10.7. The van der Waals surface area contributed by atoms with Crippen molar-refractivity contribution in [2.75, 3.05) is 5.32 Å². The van der Waals surface area contributed by atoms with Gasteiger partial charge in [-0.25, -0.2) is 4.98 Å². The highest BCUT2D eigenvalue weighted by Crippen LogP contribution is 2.32. The Hall–Kier alpha value is -2.08. The fourth-order valence-electron chi connectivity index (χ4n) is 1.59.